The van der Waals surface area contributed by atoms with E-state index < -0.39 is 15.7 Å². The number of amides is 2. The van der Waals surface area contributed by atoms with Gasteiger partial charge >= 0.3 is 0 Å². The third kappa shape index (κ3) is 6.06. The van der Waals surface area contributed by atoms with Gasteiger partial charge in [0.15, 0.2) is 9.84 Å². The lowest BCUT2D eigenvalue weighted by Crippen LogP contribution is -2.39. The maximum Gasteiger partial charge on any atom is 0.254 e. The number of carbonyl (C=O) groups is 2. The van der Waals surface area contributed by atoms with Crippen LogP contribution in [0.5, 0.6) is 5.75 Å². The van der Waals surface area contributed by atoms with E-state index in [0.29, 0.717) is 30.0 Å². The molecule has 14 heteroatoms. The van der Waals surface area contributed by atoms with Crippen molar-refractivity contribution in [3.63, 3.8) is 0 Å². The van der Waals surface area contributed by atoms with E-state index in [-0.39, 0.29) is 45.7 Å². The van der Waals surface area contributed by atoms with Gasteiger partial charge in [0, 0.05) is 31.5 Å². The van der Waals surface area contributed by atoms with Gasteiger partial charge in [0.25, 0.3) is 5.91 Å². The van der Waals surface area contributed by atoms with Gasteiger partial charge < -0.3 is 26.0 Å². The number of piperidine rings is 1. The maximum atomic E-state index is 12.4. The second-order valence-electron chi connectivity index (χ2n) is 9.28. The van der Waals surface area contributed by atoms with Gasteiger partial charge in [-0.05, 0) is 37.5 Å². The molecule has 13 nitrogen and oxygen atoms in total. The lowest BCUT2D eigenvalue weighted by Gasteiger charge is -2.32. The molecule has 4 N–H and O–H groups in total. The van der Waals surface area contributed by atoms with Crippen LogP contribution in [0.2, 0.25) is 0 Å². The molecule has 2 amide bonds. The maximum absolute atomic E-state index is 12.4. The van der Waals surface area contributed by atoms with E-state index in [4.69, 9.17) is 10.5 Å². The van der Waals surface area contributed by atoms with Crippen LogP contribution in [0.25, 0.3) is 0 Å². The van der Waals surface area contributed by atoms with Crippen molar-refractivity contribution in [1.82, 2.24) is 24.6 Å². The second-order valence-corrected chi connectivity index (χ2v) is 11.6. The number of benzene rings is 1. The summed E-state index contributed by atoms with van der Waals surface area (Å²) >= 11 is 0. The first-order valence-corrected chi connectivity index (χ1v) is 14.3. The van der Waals surface area contributed by atoms with Crippen molar-refractivity contribution in [3.8, 4) is 5.75 Å². The molecular weight excluding hydrogens is 536 g/mol. The van der Waals surface area contributed by atoms with Gasteiger partial charge in [-0.3, -0.25) is 14.3 Å². The van der Waals surface area contributed by atoms with Gasteiger partial charge in [-0.15, -0.1) is 0 Å². The SMILES string of the molecule is C=CC(=O)N1CCCC(n2cc(Nc3ncc(C(N)=O)c(Nc4c(C)cc(S(=O)(=O)CC)cc4OC)n3)cn2)C1. The molecule has 3 heterocycles. The van der Waals surface area contributed by atoms with Crippen molar-refractivity contribution < 1.29 is 22.7 Å². The Morgan fingerprint density at radius 2 is 2.05 bits per heavy atom. The summed E-state index contributed by atoms with van der Waals surface area (Å²) in [5.41, 5.74) is 7.19. The number of primary amides is 1. The number of hydrogen-bond acceptors (Lipinski definition) is 10. The number of rotatable bonds is 10. The largest absolute Gasteiger partial charge is 0.495 e. The van der Waals surface area contributed by atoms with E-state index in [1.54, 1.807) is 35.8 Å². The molecule has 1 aromatic carbocycles. The standard InChI is InChI=1S/C26H32N8O5S/c1-5-22(35)33-9-7-8-18(15-33)34-14-17(12-29-34)30-26-28-13-20(24(27)36)25(32-26)31-23-16(3)10-19(11-21(23)39-4)40(37,38)6-2/h5,10-14,18H,1,6-9,15H2,2-4H3,(H2,27,36)(H2,28,30,31,32). The van der Waals surface area contributed by atoms with Crippen LogP contribution in [-0.4, -0.2) is 70.8 Å². The van der Waals surface area contributed by atoms with Crippen molar-refractivity contribution in [3.05, 3.63) is 54.5 Å². The van der Waals surface area contributed by atoms with Gasteiger partial charge in [-0.2, -0.15) is 10.1 Å². The van der Waals surface area contributed by atoms with Crippen molar-refractivity contribution in [2.24, 2.45) is 5.73 Å². The number of sulfone groups is 1. The van der Waals surface area contributed by atoms with Crippen LogP contribution in [-0.2, 0) is 14.6 Å². The number of nitrogens with zero attached hydrogens (tertiary/aromatic N) is 5. The third-order valence-electron chi connectivity index (χ3n) is 6.64. The third-order valence-corrected chi connectivity index (χ3v) is 8.36. The molecular formula is C26H32N8O5S. The average Bonchev–Trinajstić information content (AvgIpc) is 3.42. The van der Waals surface area contributed by atoms with Crippen molar-refractivity contribution in [2.45, 2.75) is 37.6 Å². The zero-order valence-electron chi connectivity index (χ0n) is 22.5. The van der Waals surface area contributed by atoms with Crippen LogP contribution < -0.4 is 21.1 Å². The van der Waals surface area contributed by atoms with Gasteiger partial charge in [0.1, 0.15) is 17.1 Å². The Morgan fingerprint density at radius 3 is 2.73 bits per heavy atom. The van der Waals surface area contributed by atoms with E-state index >= 15 is 0 Å². The van der Waals surface area contributed by atoms with Crippen LogP contribution in [0.15, 0.2) is 48.3 Å². The number of hydrogen-bond donors (Lipinski definition) is 3. The summed E-state index contributed by atoms with van der Waals surface area (Å²) in [7, 11) is -2.05. The molecule has 1 aliphatic rings. The fourth-order valence-electron chi connectivity index (χ4n) is 4.46. The van der Waals surface area contributed by atoms with Crippen molar-refractivity contribution >= 4 is 44.8 Å². The molecule has 40 heavy (non-hydrogen) atoms. The lowest BCUT2D eigenvalue weighted by molar-refractivity contribution is -0.127. The first-order chi connectivity index (χ1) is 19.1. The molecule has 1 unspecified atom stereocenters. The fourth-order valence-corrected chi connectivity index (χ4v) is 5.43. The molecule has 0 spiro atoms. The molecule has 3 aromatic rings. The van der Waals surface area contributed by atoms with Gasteiger partial charge in [-0.25, -0.2) is 13.4 Å². The number of methoxy groups -OCH3 is 1. The minimum Gasteiger partial charge on any atom is -0.495 e. The van der Waals surface area contributed by atoms with E-state index in [9.17, 15) is 18.0 Å². The summed E-state index contributed by atoms with van der Waals surface area (Å²) in [6.07, 6.45) is 7.75. The topological polar surface area (TPSA) is 174 Å². The molecule has 0 bridgehead atoms. The normalized spacial score (nSPS) is 15.4. The average molecular weight is 569 g/mol. The number of nitrogens with one attached hydrogen (secondary N) is 2. The van der Waals surface area contributed by atoms with E-state index in [1.807, 2.05) is 0 Å². The number of ether oxygens (including phenoxy) is 1. The molecule has 1 atom stereocenters. The predicted octanol–water partition coefficient (Wildman–Crippen LogP) is 2.72. The van der Waals surface area contributed by atoms with Crippen molar-refractivity contribution in [1.29, 1.82) is 0 Å². The molecule has 1 fully saturated rings. The summed E-state index contributed by atoms with van der Waals surface area (Å²) in [6, 6.07) is 2.96. The number of aromatic nitrogens is 4. The Hall–Kier alpha value is -4.46. The Labute approximate surface area is 232 Å². The van der Waals surface area contributed by atoms with Gasteiger partial charge in [0.2, 0.25) is 11.9 Å². The van der Waals surface area contributed by atoms with Gasteiger partial charge in [-0.1, -0.05) is 13.5 Å². The zero-order chi connectivity index (χ0) is 29.0. The predicted molar refractivity (Wildman–Crippen MR) is 150 cm³/mol. The molecule has 212 valence electrons. The Kier molecular flexibility index (Phi) is 8.38. The van der Waals surface area contributed by atoms with Crippen LogP contribution in [0.4, 0.5) is 23.1 Å². The Balaban J connectivity index is 1.60. The summed E-state index contributed by atoms with van der Waals surface area (Å²) in [4.78, 5) is 34.7. The Bertz CT molecular complexity index is 1550. The van der Waals surface area contributed by atoms with E-state index in [1.165, 1.54) is 31.5 Å². The molecule has 1 saturated heterocycles. The van der Waals surface area contributed by atoms with Crippen LogP contribution in [0.1, 0.15) is 41.7 Å². The summed E-state index contributed by atoms with van der Waals surface area (Å²) in [6.45, 7) is 8.06. The number of aryl methyl sites for hydroxylation is 1. The Morgan fingerprint density at radius 1 is 1.27 bits per heavy atom. The monoisotopic (exact) mass is 568 g/mol. The lowest BCUT2D eigenvalue weighted by atomic mass is 10.1. The first kappa shape index (κ1) is 28.5. The van der Waals surface area contributed by atoms with E-state index in [0.717, 1.165) is 12.8 Å². The fraction of sp³-hybridized carbons (Fsp3) is 0.346. The highest BCUT2D eigenvalue weighted by Gasteiger charge is 2.24. The van der Waals surface area contributed by atoms with Crippen LogP contribution in [0.3, 0.4) is 0 Å². The number of nitrogens with two attached hydrogens (primary N) is 1. The summed E-state index contributed by atoms with van der Waals surface area (Å²) in [5.74, 6) is -0.381. The summed E-state index contributed by atoms with van der Waals surface area (Å²) in [5, 5.41) is 10.6. The highest BCUT2D eigenvalue weighted by molar-refractivity contribution is 7.91. The molecule has 0 aliphatic carbocycles. The minimum atomic E-state index is -3.47. The first-order valence-electron chi connectivity index (χ1n) is 12.6. The molecule has 0 radical (unpaired) electrons. The van der Waals surface area contributed by atoms with Crippen LogP contribution >= 0.6 is 0 Å². The highest BCUT2D eigenvalue weighted by atomic mass is 32.2. The quantitative estimate of drug-likeness (QED) is 0.308. The van der Waals surface area contributed by atoms with Crippen LogP contribution in [0, 0.1) is 6.92 Å². The number of anilines is 4. The zero-order valence-corrected chi connectivity index (χ0v) is 23.4. The van der Waals surface area contributed by atoms with Crippen molar-refractivity contribution in [2.75, 3.05) is 36.6 Å². The number of likely N-dealkylation sites (tertiary alicyclic amines) is 1. The van der Waals surface area contributed by atoms with Gasteiger partial charge in [0.05, 0.1) is 41.4 Å². The smallest absolute Gasteiger partial charge is 0.254 e. The highest BCUT2D eigenvalue weighted by Crippen LogP contribution is 2.35. The molecule has 0 saturated carbocycles. The summed E-state index contributed by atoms with van der Waals surface area (Å²) < 4.78 is 32.1. The molecule has 4 rings (SSSR count). The molecule has 1 aliphatic heterocycles. The molecule has 2 aromatic heterocycles. The van der Waals surface area contributed by atoms with E-state index in [2.05, 4.69) is 32.3 Å². The number of carbonyl (C=O) groups excluding carboxylic acids is 2. The second kappa shape index (κ2) is 11.7. The minimum absolute atomic E-state index is 0.0125.